The van der Waals surface area contributed by atoms with Gasteiger partial charge in [0.2, 0.25) is 0 Å². The van der Waals surface area contributed by atoms with Crippen molar-refractivity contribution in [2.45, 2.75) is 25.5 Å². The van der Waals surface area contributed by atoms with Crippen LogP contribution < -0.4 is 5.32 Å². The van der Waals surface area contributed by atoms with Gasteiger partial charge < -0.3 is 14.8 Å². The Kier molecular flexibility index (Phi) is 4.97. The molecule has 0 radical (unpaired) electrons. The molecule has 3 rings (SSSR count). The third-order valence-corrected chi connectivity index (χ3v) is 3.59. The van der Waals surface area contributed by atoms with Gasteiger partial charge in [0, 0.05) is 38.2 Å². The zero-order valence-electron chi connectivity index (χ0n) is 12.7. The fourth-order valence-electron chi connectivity index (χ4n) is 2.43. The number of methoxy groups -OCH3 is 1. The Morgan fingerprint density at radius 2 is 2.32 bits per heavy atom. The summed E-state index contributed by atoms with van der Waals surface area (Å²) in [6.45, 7) is 2.17. The average Bonchev–Trinajstić information content (AvgIpc) is 3.06. The minimum atomic E-state index is -0.0431. The SMILES string of the molecule is COCCNc1cncc(-c2cnn(C3CCCCO3)n2)c1. The van der Waals surface area contributed by atoms with Crippen molar-refractivity contribution < 1.29 is 9.47 Å². The molecule has 1 saturated heterocycles. The third-order valence-electron chi connectivity index (χ3n) is 3.59. The standard InChI is InChI=1S/C15H21N5O2/c1-21-7-5-17-13-8-12(9-16-10-13)14-11-18-20(19-14)15-4-2-3-6-22-15/h8-11,15,17H,2-7H2,1H3. The van der Waals surface area contributed by atoms with Crippen molar-refractivity contribution >= 4 is 5.69 Å². The second-order valence-corrected chi connectivity index (χ2v) is 5.25. The second kappa shape index (κ2) is 7.33. The third kappa shape index (κ3) is 3.61. The van der Waals surface area contributed by atoms with Gasteiger partial charge in [0.1, 0.15) is 5.69 Å². The summed E-state index contributed by atoms with van der Waals surface area (Å²) in [5, 5.41) is 12.1. The van der Waals surface area contributed by atoms with Crippen LogP contribution in [0.25, 0.3) is 11.3 Å². The highest BCUT2D eigenvalue weighted by atomic mass is 16.5. The number of aromatic nitrogens is 4. The van der Waals surface area contributed by atoms with Gasteiger partial charge in [-0.2, -0.15) is 15.0 Å². The zero-order chi connectivity index (χ0) is 15.2. The van der Waals surface area contributed by atoms with Crippen LogP contribution in [0.1, 0.15) is 25.5 Å². The largest absolute Gasteiger partial charge is 0.383 e. The summed E-state index contributed by atoms with van der Waals surface area (Å²) in [5.41, 5.74) is 2.68. The Balaban J connectivity index is 1.71. The number of nitrogens with zero attached hydrogens (tertiary/aromatic N) is 4. The topological polar surface area (TPSA) is 74.1 Å². The highest BCUT2D eigenvalue weighted by molar-refractivity contribution is 5.62. The molecule has 3 heterocycles. The summed E-state index contributed by atoms with van der Waals surface area (Å²) >= 11 is 0. The van der Waals surface area contributed by atoms with Gasteiger partial charge in [-0.1, -0.05) is 0 Å². The fraction of sp³-hybridized carbons (Fsp3) is 0.533. The Hall–Kier alpha value is -1.99. The first-order valence-electron chi connectivity index (χ1n) is 7.58. The first-order valence-corrected chi connectivity index (χ1v) is 7.58. The summed E-state index contributed by atoms with van der Waals surface area (Å²) in [7, 11) is 1.68. The molecular formula is C15H21N5O2. The predicted octanol–water partition coefficient (Wildman–Crippen LogP) is 2.10. The maximum Gasteiger partial charge on any atom is 0.169 e. The van der Waals surface area contributed by atoms with E-state index in [1.165, 1.54) is 0 Å². The number of rotatable bonds is 6. The highest BCUT2D eigenvalue weighted by Crippen LogP contribution is 2.23. The number of hydrogen-bond donors (Lipinski definition) is 1. The van der Waals surface area contributed by atoms with Crippen LogP contribution in [0.2, 0.25) is 0 Å². The van der Waals surface area contributed by atoms with E-state index < -0.39 is 0 Å². The number of ether oxygens (including phenoxy) is 2. The molecule has 22 heavy (non-hydrogen) atoms. The Labute approximate surface area is 129 Å². The van der Waals surface area contributed by atoms with E-state index in [9.17, 15) is 0 Å². The number of anilines is 1. The van der Waals surface area contributed by atoms with Crippen LogP contribution in [0.15, 0.2) is 24.7 Å². The molecule has 7 nitrogen and oxygen atoms in total. The molecular weight excluding hydrogens is 282 g/mol. The molecule has 2 aromatic rings. The van der Waals surface area contributed by atoms with E-state index in [1.54, 1.807) is 30.5 Å². The van der Waals surface area contributed by atoms with Gasteiger partial charge in [-0.15, -0.1) is 0 Å². The fourth-order valence-corrected chi connectivity index (χ4v) is 2.43. The van der Waals surface area contributed by atoms with Crippen molar-refractivity contribution in [3.05, 3.63) is 24.7 Å². The molecule has 118 valence electrons. The molecule has 1 aliphatic rings. The molecule has 0 amide bonds. The summed E-state index contributed by atoms with van der Waals surface area (Å²) in [6, 6.07) is 2.01. The van der Waals surface area contributed by atoms with Crippen molar-refractivity contribution in [2.24, 2.45) is 0 Å². The smallest absolute Gasteiger partial charge is 0.169 e. The zero-order valence-corrected chi connectivity index (χ0v) is 12.7. The van der Waals surface area contributed by atoms with Gasteiger partial charge in [-0.25, -0.2) is 0 Å². The maximum atomic E-state index is 5.70. The van der Waals surface area contributed by atoms with Crippen molar-refractivity contribution in [2.75, 3.05) is 32.2 Å². The van der Waals surface area contributed by atoms with Crippen molar-refractivity contribution in [3.8, 4) is 11.3 Å². The summed E-state index contributed by atoms with van der Waals surface area (Å²) in [5.74, 6) is 0. The molecule has 7 heteroatoms. The molecule has 0 saturated carbocycles. The molecule has 1 N–H and O–H groups in total. The van der Waals surface area contributed by atoms with Crippen LogP contribution in [0.5, 0.6) is 0 Å². The normalized spacial score (nSPS) is 18.3. The average molecular weight is 303 g/mol. The molecule has 0 aromatic carbocycles. The molecule has 0 bridgehead atoms. The highest BCUT2D eigenvalue weighted by Gasteiger charge is 2.18. The van der Waals surface area contributed by atoms with Gasteiger partial charge in [-0.05, 0) is 25.3 Å². The molecule has 2 aromatic heterocycles. The van der Waals surface area contributed by atoms with E-state index in [2.05, 4.69) is 20.5 Å². The summed E-state index contributed by atoms with van der Waals surface area (Å²) < 4.78 is 10.7. The van der Waals surface area contributed by atoms with Crippen LogP contribution in [0.4, 0.5) is 5.69 Å². The number of nitrogens with one attached hydrogen (secondary N) is 1. The van der Waals surface area contributed by atoms with Gasteiger partial charge >= 0.3 is 0 Å². The molecule has 0 aliphatic carbocycles. The van der Waals surface area contributed by atoms with Crippen LogP contribution in [-0.2, 0) is 9.47 Å². The molecule has 1 unspecified atom stereocenters. The van der Waals surface area contributed by atoms with Crippen LogP contribution in [0.3, 0.4) is 0 Å². The van der Waals surface area contributed by atoms with E-state index in [0.717, 1.165) is 49.4 Å². The Morgan fingerprint density at radius 3 is 3.14 bits per heavy atom. The van der Waals surface area contributed by atoms with Crippen LogP contribution in [0, 0.1) is 0 Å². The predicted molar refractivity (Wildman–Crippen MR) is 82.5 cm³/mol. The van der Waals surface area contributed by atoms with Crippen molar-refractivity contribution in [3.63, 3.8) is 0 Å². The second-order valence-electron chi connectivity index (χ2n) is 5.25. The minimum Gasteiger partial charge on any atom is -0.383 e. The first kappa shape index (κ1) is 14.9. The van der Waals surface area contributed by atoms with Crippen LogP contribution in [-0.4, -0.2) is 46.8 Å². The van der Waals surface area contributed by atoms with Gasteiger partial charge in [0.25, 0.3) is 0 Å². The van der Waals surface area contributed by atoms with Crippen molar-refractivity contribution in [1.82, 2.24) is 20.0 Å². The Morgan fingerprint density at radius 1 is 1.36 bits per heavy atom. The van der Waals surface area contributed by atoms with E-state index >= 15 is 0 Å². The lowest BCUT2D eigenvalue weighted by Gasteiger charge is -2.21. The monoisotopic (exact) mass is 303 g/mol. The lowest BCUT2D eigenvalue weighted by atomic mass is 10.2. The number of pyridine rings is 1. The maximum absolute atomic E-state index is 5.70. The lowest BCUT2D eigenvalue weighted by Crippen LogP contribution is -2.20. The number of hydrogen-bond acceptors (Lipinski definition) is 6. The van der Waals surface area contributed by atoms with Gasteiger partial charge in [-0.3, -0.25) is 4.98 Å². The van der Waals surface area contributed by atoms with Gasteiger partial charge in [0.05, 0.1) is 18.5 Å². The van der Waals surface area contributed by atoms with Gasteiger partial charge in [0.15, 0.2) is 6.23 Å². The van der Waals surface area contributed by atoms with E-state index in [-0.39, 0.29) is 6.23 Å². The molecule has 0 spiro atoms. The molecule has 1 aliphatic heterocycles. The minimum absolute atomic E-state index is 0.0431. The van der Waals surface area contributed by atoms with Crippen LogP contribution >= 0.6 is 0 Å². The van der Waals surface area contributed by atoms with E-state index in [4.69, 9.17) is 9.47 Å². The van der Waals surface area contributed by atoms with E-state index in [0.29, 0.717) is 6.61 Å². The van der Waals surface area contributed by atoms with Crippen molar-refractivity contribution in [1.29, 1.82) is 0 Å². The molecule has 1 fully saturated rings. The molecule has 1 atom stereocenters. The lowest BCUT2D eigenvalue weighted by molar-refractivity contribution is -0.0479. The summed E-state index contributed by atoms with van der Waals surface area (Å²) in [4.78, 5) is 5.92. The van der Waals surface area contributed by atoms with E-state index in [1.807, 2.05) is 6.07 Å². The Bertz CT molecular complexity index is 595. The first-order chi connectivity index (χ1) is 10.9. The quantitative estimate of drug-likeness (QED) is 0.824. The summed E-state index contributed by atoms with van der Waals surface area (Å²) in [6.07, 6.45) is 8.52.